The smallest absolute Gasteiger partial charge is 0.317 e. The fourth-order valence-corrected chi connectivity index (χ4v) is 2.69. The molecule has 1 fully saturated rings. The van der Waals surface area contributed by atoms with Gasteiger partial charge in [-0.05, 0) is 24.3 Å². The van der Waals surface area contributed by atoms with E-state index in [0.717, 1.165) is 4.88 Å². The Morgan fingerprint density at radius 1 is 1.53 bits per heavy atom. The minimum atomic E-state index is -0.862. The number of aliphatic carboxylic acids is 1. The number of carbonyl (C=O) groups is 2. The van der Waals surface area contributed by atoms with Crippen LogP contribution in [0.1, 0.15) is 24.1 Å². The van der Waals surface area contributed by atoms with Crippen LogP contribution in [0, 0.1) is 0 Å². The van der Waals surface area contributed by atoms with Gasteiger partial charge in [0.05, 0.1) is 18.9 Å². The molecule has 2 heterocycles. The molecule has 1 aliphatic heterocycles. The van der Waals surface area contributed by atoms with Crippen molar-refractivity contribution in [1.29, 1.82) is 0 Å². The Morgan fingerprint density at radius 2 is 2.37 bits per heavy atom. The highest BCUT2D eigenvalue weighted by Crippen LogP contribution is 2.15. The minimum Gasteiger partial charge on any atom is -0.481 e. The Kier molecular flexibility index (Phi) is 4.98. The van der Waals surface area contributed by atoms with Crippen LogP contribution in [-0.2, 0) is 20.7 Å². The molecule has 1 saturated heterocycles. The lowest BCUT2D eigenvalue weighted by Crippen LogP contribution is -2.45. The SMILES string of the molecule is O=C(O)CC1CCC(NC(=O)Cc2cccs2)[B]O1. The Bertz CT molecular complexity index is 429. The molecule has 0 aromatic carbocycles. The van der Waals surface area contributed by atoms with Crippen LogP contribution in [0.4, 0.5) is 0 Å². The molecule has 1 amide bonds. The lowest BCUT2D eigenvalue weighted by molar-refractivity contribution is -0.139. The van der Waals surface area contributed by atoms with Crippen LogP contribution in [0.2, 0.25) is 0 Å². The Hall–Kier alpha value is -1.34. The summed E-state index contributed by atoms with van der Waals surface area (Å²) < 4.78 is 5.32. The third-order valence-corrected chi connectivity index (χ3v) is 3.77. The largest absolute Gasteiger partial charge is 0.481 e. The number of carboxylic acid groups (broad SMARTS) is 1. The summed E-state index contributed by atoms with van der Waals surface area (Å²) in [7, 11) is 1.55. The van der Waals surface area contributed by atoms with Gasteiger partial charge in [-0.2, -0.15) is 0 Å². The molecule has 1 aromatic rings. The summed E-state index contributed by atoms with van der Waals surface area (Å²) >= 11 is 1.55. The van der Waals surface area contributed by atoms with Crippen molar-refractivity contribution in [1.82, 2.24) is 5.32 Å². The number of carbonyl (C=O) groups excluding carboxylic acids is 1. The first-order valence-corrected chi connectivity index (χ1v) is 7.04. The van der Waals surface area contributed by atoms with E-state index >= 15 is 0 Å². The molecule has 1 aliphatic rings. The van der Waals surface area contributed by atoms with Crippen LogP contribution in [-0.4, -0.2) is 36.5 Å². The number of amides is 1. The van der Waals surface area contributed by atoms with E-state index in [9.17, 15) is 9.59 Å². The van der Waals surface area contributed by atoms with Gasteiger partial charge in [-0.3, -0.25) is 9.59 Å². The lowest BCUT2D eigenvalue weighted by Gasteiger charge is -2.27. The van der Waals surface area contributed by atoms with Gasteiger partial charge in [0.1, 0.15) is 0 Å². The van der Waals surface area contributed by atoms with Crippen LogP contribution in [0.3, 0.4) is 0 Å². The summed E-state index contributed by atoms with van der Waals surface area (Å²) in [5.41, 5.74) is 0. The zero-order valence-electron chi connectivity index (χ0n) is 10.4. The van der Waals surface area contributed by atoms with Crippen molar-refractivity contribution < 1.29 is 19.3 Å². The number of rotatable bonds is 5. The number of thiophene rings is 1. The lowest BCUT2D eigenvalue weighted by atomic mass is 9.79. The van der Waals surface area contributed by atoms with Gasteiger partial charge in [-0.1, -0.05) is 6.07 Å². The highest BCUT2D eigenvalue weighted by molar-refractivity contribution is 7.10. The molecule has 2 atom stereocenters. The zero-order chi connectivity index (χ0) is 13.7. The summed E-state index contributed by atoms with van der Waals surface area (Å²) in [4.78, 5) is 23.3. The summed E-state index contributed by atoms with van der Waals surface area (Å²) in [6.45, 7) is 0. The summed E-state index contributed by atoms with van der Waals surface area (Å²) in [6.07, 6.45) is 1.47. The van der Waals surface area contributed by atoms with E-state index in [2.05, 4.69) is 5.32 Å². The average Bonchev–Trinajstić information content (AvgIpc) is 2.83. The first kappa shape index (κ1) is 14.1. The predicted molar refractivity (Wildman–Crippen MR) is 72.1 cm³/mol. The molecule has 19 heavy (non-hydrogen) atoms. The standard InChI is InChI=1S/C12H15BNO4S/c15-11(7-9-2-1-5-19-9)14-10-4-3-8(18-13-10)6-12(16)17/h1-2,5,8,10H,3-4,6-7H2,(H,14,15)(H,16,17). The van der Waals surface area contributed by atoms with Gasteiger partial charge in [0.2, 0.25) is 5.91 Å². The molecule has 101 valence electrons. The van der Waals surface area contributed by atoms with Gasteiger partial charge in [-0.15, -0.1) is 11.3 Å². The molecular formula is C12H15BNO4S. The Balaban J connectivity index is 1.70. The fraction of sp³-hybridized carbons (Fsp3) is 0.500. The third kappa shape index (κ3) is 4.68. The monoisotopic (exact) mass is 280 g/mol. The van der Waals surface area contributed by atoms with Crippen LogP contribution >= 0.6 is 11.3 Å². The molecule has 0 aliphatic carbocycles. The topological polar surface area (TPSA) is 75.6 Å². The molecule has 2 N–H and O–H groups in total. The molecule has 0 saturated carbocycles. The molecule has 2 rings (SSSR count). The van der Waals surface area contributed by atoms with E-state index in [1.807, 2.05) is 17.5 Å². The summed E-state index contributed by atoms with van der Waals surface area (Å²) in [6, 6.07) is 3.84. The van der Waals surface area contributed by atoms with E-state index in [1.54, 1.807) is 18.8 Å². The van der Waals surface area contributed by atoms with E-state index in [-0.39, 0.29) is 24.4 Å². The van der Waals surface area contributed by atoms with E-state index in [0.29, 0.717) is 19.3 Å². The number of hydrogen-bond acceptors (Lipinski definition) is 4. The van der Waals surface area contributed by atoms with Gasteiger partial charge in [-0.25, -0.2) is 0 Å². The minimum absolute atomic E-state index is 0.00631. The maximum Gasteiger partial charge on any atom is 0.317 e. The molecule has 0 bridgehead atoms. The molecule has 7 heteroatoms. The molecule has 0 spiro atoms. The first-order chi connectivity index (χ1) is 9.13. The quantitative estimate of drug-likeness (QED) is 0.789. The predicted octanol–water partition coefficient (Wildman–Crippen LogP) is 1.01. The van der Waals surface area contributed by atoms with Crippen molar-refractivity contribution in [2.45, 2.75) is 37.7 Å². The molecule has 2 unspecified atom stereocenters. The van der Waals surface area contributed by atoms with E-state index in [1.165, 1.54) is 0 Å². The second kappa shape index (κ2) is 6.72. The summed E-state index contributed by atoms with van der Waals surface area (Å²) in [5, 5.41) is 13.5. The van der Waals surface area contributed by atoms with Gasteiger partial charge < -0.3 is 15.1 Å². The molecular weight excluding hydrogens is 265 g/mol. The number of hydrogen-bond donors (Lipinski definition) is 2. The van der Waals surface area contributed by atoms with Crippen molar-refractivity contribution in [3.05, 3.63) is 22.4 Å². The summed E-state index contributed by atoms with van der Waals surface area (Å²) in [5.74, 6) is -1.03. The van der Waals surface area contributed by atoms with Crippen LogP contribution in [0.15, 0.2) is 17.5 Å². The van der Waals surface area contributed by atoms with Crippen molar-refractivity contribution in [3.63, 3.8) is 0 Å². The first-order valence-electron chi connectivity index (χ1n) is 6.16. The van der Waals surface area contributed by atoms with Crippen molar-refractivity contribution in [2.75, 3.05) is 0 Å². The van der Waals surface area contributed by atoms with Gasteiger partial charge in [0.25, 0.3) is 0 Å². The highest BCUT2D eigenvalue weighted by Gasteiger charge is 2.26. The maximum atomic E-state index is 11.8. The van der Waals surface area contributed by atoms with Crippen LogP contribution in [0.25, 0.3) is 0 Å². The number of nitrogens with one attached hydrogen (secondary N) is 1. The maximum absolute atomic E-state index is 11.8. The normalized spacial score (nSPS) is 22.5. The second-order valence-corrected chi connectivity index (χ2v) is 5.53. The van der Waals surface area contributed by atoms with Crippen molar-refractivity contribution >= 4 is 30.7 Å². The van der Waals surface area contributed by atoms with Crippen molar-refractivity contribution in [3.8, 4) is 0 Å². The van der Waals surface area contributed by atoms with Gasteiger partial charge in [0.15, 0.2) is 0 Å². The zero-order valence-corrected chi connectivity index (χ0v) is 11.2. The molecule has 1 radical (unpaired) electrons. The van der Waals surface area contributed by atoms with Crippen LogP contribution in [0.5, 0.6) is 0 Å². The Labute approximate surface area is 116 Å². The number of carboxylic acids is 1. The van der Waals surface area contributed by atoms with E-state index in [4.69, 9.17) is 9.76 Å². The second-order valence-electron chi connectivity index (χ2n) is 4.50. The van der Waals surface area contributed by atoms with Gasteiger partial charge >= 0.3 is 13.5 Å². The van der Waals surface area contributed by atoms with Crippen molar-refractivity contribution in [2.24, 2.45) is 0 Å². The third-order valence-electron chi connectivity index (χ3n) is 2.90. The van der Waals surface area contributed by atoms with Gasteiger partial charge in [0, 0.05) is 10.8 Å². The van der Waals surface area contributed by atoms with Crippen LogP contribution < -0.4 is 5.32 Å². The van der Waals surface area contributed by atoms with E-state index < -0.39 is 5.97 Å². The molecule has 5 nitrogen and oxygen atoms in total. The molecule has 1 aromatic heterocycles. The Morgan fingerprint density at radius 3 is 2.95 bits per heavy atom. The fourth-order valence-electron chi connectivity index (χ4n) is 1.99. The highest BCUT2D eigenvalue weighted by atomic mass is 32.1. The average molecular weight is 280 g/mol.